The lowest BCUT2D eigenvalue weighted by molar-refractivity contribution is 0.0992. The maximum absolute atomic E-state index is 12.4. The number of carbonyl (C=O) groups is 1. The van der Waals surface area contributed by atoms with Gasteiger partial charge in [0.2, 0.25) is 0 Å². The van der Waals surface area contributed by atoms with Crippen molar-refractivity contribution in [3.8, 4) is 0 Å². The molecule has 0 unspecified atom stereocenters. The molecule has 1 aliphatic rings. The van der Waals surface area contributed by atoms with Crippen molar-refractivity contribution < 1.29 is 4.79 Å². The average molecular weight is 370 g/mol. The van der Waals surface area contributed by atoms with Crippen LogP contribution in [0.4, 0.5) is 5.69 Å². The summed E-state index contributed by atoms with van der Waals surface area (Å²) in [5, 5.41) is 0. The van der Waals surface area contributed by atoms with Gasteiger partial charge in [-0.3, -0.25) is 9.78 Å². The largest absolute Gasteiger partial charge is 0.306 e. The standard InChI is InChI=1S/C21H23N3O.ClH/c1-22-18-8-6-17(7-9-18)21(25)15-20-5-3-4-19(23-20)14-16-10-12-24(2)13-11-16;/h3-9,16H,10-15H2,2H3;1H. The molecule has 1 aliphatic heterocycles. The van der Waals surface area contributed by atoms with E-state index in [9.17, 15) is 4.79 Å². The lowest BCUT2D eigenvalue weighted by atomic mass is 9.92. The Morgan fingerprint density at radius 3 is 2.46 bits per heavy atom. The monoisotopic (exact) mass is 369 g/mol. The van der Waals surface area contributed by atoms with E-state index in [2.05, 4.69) is 22.9 Å². The lowest BCUT2D eigenvalue weighted by Gasteiger charge is -2.28. The van der Waals surface area contributed by atoms with Crippen LogP contribution in [-0.4, -0.2) is 35.8 Å². The number of likely N-dealkylation sites (tertiary alicyclic amines) is 1. The number of benzene rings is 1. The molecule has 0 saturated carbocycles. The van der Waals surface area contributed by atoms with Crippen LogP contribution in [-0.2, 0) is 12.8 Å². The molecule has 1 fully saturated rings. The number of nitrogens with zero attached hydrogens (tertiary/aromatic N) is 3. The SMILES string of the molecule is Cl.[C-]#[N+]c1ccc(C(=O)Cc2cccc(CC3CCN(C)CC3)n2)cc1. The first kappa shape index (κ1) is 20.1. The molecular formula is C21H24ClN3O. The second-order valence-electron chi connectivity index (χ2n) is 6.83. The Balaban J connectivity index is 0.00000243. The summed E-state index contributed by atoms with van der Waals surface area (Å²) >= 11 is 0. The highest BCUT2D eigenvalue weighted by Crippen LogP contribution is 2.20. The van der Waals surface area contributed by atoms with Crippen LogP contribution in [0.1, 0.15) is 34.6 Å². The first-order chi connectivity index (χ1) is 12.1. The van der Waals surface area contributed by atoms with Crippen molar-refractivity contribution in [1.29, 1.82) is 0 Å². The zero-order chi connectivity index (χ0) is 17.6. The zero-order valence-electron chi connectivity index (χ0n) is 15.0. The summed E-state index contributed by atoms with van der Waals surface area (Å²) in [6, 6.07) is 12.8. The molecule has 0 spiro atoms. The van der Waals surface area contributed by atoms with Crippen LogP contribution in [0, 0.1) is 12.5 Å². The fourth-order valence-corrected chi connectivity index (χ4v) is 3.29. The fourth-order valence-electron chi connectivity index (χ4n) is 3.29. The summed E-state index contributed by atoms with van der Waals surface area (Å²) in [7, 11) is 2.17. The van der Waals surface area contributed by atoms with Crippen LogP contribution in [0.25, 0.3) is 4.85 Å². The molecule has 1 aromatic carbocycles. The lowest BCUT2D eigenvalue weighted by Crippen LogP contribution is -2.31. The van der Waals surface area contributed by atoms with Gasteiger partial charge >= 0.3 is 0 Å². The number of ketones is 1. The van der Waals surface area contributed by atoms with Gasteiger partial charge in [0.05, 0.1) is 13.0 Å². The van der Waals surface area contributed by atoms with E-state index in [1.807, 2.05) is 12.1 Å². The summed E-state index contributed by atoms with van der Waals surface area (Å²) in [5.74, 6) is 0.733. The van der Waals surface area contributed by atoms with Gasteiger partial charge < -0.3 is 4.90 Å². The van der Waals surface area contributed by atoms with E-state index in [0.29, 0.717) is 23.6 Å². The molecule has 136 valence electrons. The highest BCUT2D eigenvalue weighted by molar-refractivity contribution is 5.97. The number of rotatable bonds is 5. The van der Waals surface area contributed by atoms with Gasteiger partial charge in [0.25, 0.3) is 0 Å². The molecule has 5 heteroatoms. The quantitative estimate of drug-likeness (QED) is 0.580. The summed E-state index contributed by atoms with van der Waals surface area (Å²) in [6.07, 6.45) is 3.73. The van der Waals surface area contributed by atoms with Gasteiger partial charge in [-0.25, -0.2) is 4.85 Å². The first-order valence-electron chi connectivity index (χ1n) is 8.78. The second-order valence-corrected chi connectivity index (χ2v) is 6.83. The van der Waals surface area contributed by atoms with E-state index in [-0.39, 0.29) is 18.2 Å². The predicted molar refractivity (Wildman–Crippen MR) is 106 cm³/mol. The number of piperidine rings is 1. The third-order valence-electron chi connectivity index (χ3n) is 4.86. The van der Waals surface area contributed by atoms with Crippen molar-refractivity contribution in [3.05, 3.63) is 70.8 Å². The van der Waals surface area contributed by atoms with E-state index in [0.717, 1.165) is 30.9 Å². The van der Waals surface area contributed by atoms with Crippen molar-refractivity contribution in [3.63, 3.8) is 0 Å². The van der Waals surface area contributed by atoms with Crippen LogP contribution in [0.15, 0.2) is 42.5 Å². The number of pyridine rings is 1. The first-order valence-corrected chi connectivity index (χ1v) is 8.78. The topological polar surface area (TPSA) is 37.6 Å². The van der Waals surface area contributed by atoms with Gasteiger partial charge in [-0.15, -0.1) is 12.4 Å². The van der Waals surface area contributed by atoms with Gasteiger partial charge in [0, 0.05) is 17.0 Å². The summed E-state index contributed by atoms with van der Waals surface area (Å²) < 4.78 is 0. The minimum atomic E-state index is 0. The molecule has 0 radical (unpaired) electrons. The molecule has 0 amide bonds. The van der Waals surface area contributed by atoms with Gasteiger partial charge in [-0.2, -0.15) is 0 Å². The smallest absolute Gasteiger partial charge is 0.187 e. The zero-order valence-corrected chi connectivity index (χ0v) is 15.8. The highest BCUT2D eigenvalue weighted by Gasteiger charge is 2.17. The molecule has 2 aromatic rings. The van der Waals surface area contributed by atoms with Gasteiger partial charge in [0.15, 0.2) is 11.5 Å². The number of hydrogen-bond acceptors (Lipinski definition) is 3. The van der Waals surface area contributed by atoms with Crippen molar-refractivity contribution >= 4 is 23.9 Å². The Morgan fingerprint density at radius 1 is 1.15 bits per heavy atom. The molecule has 0 aliphatic carbocycles. The molecular weight excluding hydrogens is 346 g/mol. The fraction of sp³-hybridized carbons (Fsp3) is 0.381. The molecule has 1 aromatic heterocycles. The normalized spacial score (nSPS) is 15.1. The molecule has 26 heavy (non-hydrogen) atoms. The Kier molecular flexibility index (Phi) is 7.32. The maximum atomic E-state index is 12.4. The molecule has 0 atom stereocenters. The Labute approximate surface area is 161 Å². The van der Waals surface area contributed by atoms with E-state index < -0.39 is 0 Å². The predicted octanol–water partition coefficient (Wildman–Crippen LogP) is 4.36. The Hall–Kier alpha value is -2.22. The van der Waals surface area contributed by atoms with Crippen molar-refractivity contribution in [2.45, 2.75) is 25.7 Å². The minimum Gasteiger partial charge on any atom is -0.306 e. The van der Waals surface area contributed by atoms with Gasteiger partial charge in [-0.1, -0.05) is 30.3 Å². The van der Waals surface area contributed by atoms with E-state index in [4.69, 9.17) is 11.6 Å². The van der Waals surface area contributed by atoms with E-state index >= 15 is 0 Å². The summed E-state index contributed by atoms with van der Waals surface area (Å²) in [6.45, 7) is 9.28. The summed E-state index contributed by atoms with van der Waals surface area (Å²) in [4.78, 5) is 22.9. The molecule has 3 rings (SSSR count). The number of halogens is 1. The maximum Gasteiger partial charge on any atom is 0.187 e. The second kappa shape index (κ2) is 9.47. The highest BCUT2D eigenvalue weighted by atomic mass is 35.5. The molecule has 0 bridgehead atoms. The Morgan fingerprint density at radius 2 is 1.81 bits per heavy atom. The number of aromatic nitrogens is 1. The van der Waals surface area contributed by atoms with E-state index in [1.165, 1.54) is 12.8 Å². The molecule has 4 nitrogen and oxygen atoms in total. The van der Waals surface area contributed by atoms with Crippen molar-refractivity contribution in [2.24, 2.45) is 5.92 Å². The number of Topliss-reactive ketones (excluding diaryl/α,β-unsaturated/α-hetero) is 1. The van der Waals surface area contributed by atoms with Crippen LogP contribution in [0.5, 0.6) is 0 Å². The molecule has 1 saturated heterocycles. The van der Waals surface area contributed by atoms with Gasteiger partial charge in [0.1, 0.15) is 0 Å². The van der Waals surface area contributed by atoms with Crippen LogP contribution in [0.3, 0.4) is 0 Å². The third-order valence-corrected chi connectivity index (χ3v) is 4.86. The molecule has 2 heterocycles. The van der Waals surface area contributed by atoms with E-state index in [1.54, 1.807) is 24.3 Å². The van der Waals surface area contributed by atoms with Crippen LogP contribution in [0.2, 0.25) is 0 Å². The molecule has 0 N–H and O–H groups in total. The minimum absolute atomic E-state index is 0. The number of hydrogen-bond donors (Lipinski definition) is 0. The Bertz CT molecular complexity index is 775. The average Bonchev–Trinajstić information content (AvgIpc) is 2.64. The third kappa shape index (κ3) is 5.39. The van der Waals surface area contributed by atoms with Crippen LogP contribution >= 0.6 is 12.4 Å². The van der Waals surface area contributed by atoms with Crippen molar-refractivity contribution in [2.75, 3.05) is 20.1 Å². The van der Waals surface area contributed by atoms with Gasteiger partial charge in [-0.05, 0) is 57.5 Å². The number of carbonyl (C=O) groups excluding carboxylic acids is 1. The van der Waals surface area contributed by atoms with Crippen LogP contribution < -0.4 is 0 Å². The summed E-state index contributed by atoms with van der Waals surface area (Å²) in [5.41, 5.74) is 3.10. The van der Waals surface area contributed by atoms with Crippen molar-refractivity contribution in [1.82, 2.24) is 9.88 Å².